The molecule has 0 aromatic carbocycles. The summed E-state index contributed by atoms with van der Waals surface area (Å²) in [5.41, 5.74) is 8.29. The van der Waals surface area contributed by atoms with E-state index in [1.165, 1.54) is 28.4 Å². The van der Waals surface area contributed by atoms with Gasteiger partial charge in [-0.2, -0.15) is 0 Å². The summed E-state index contributed by atoms with van der Waals surface area (Å²) in [7, 11) is 0. The van der Waals surface area contributed by atoms with Crippen molar-refractivity contribution < 1.29 is 0 Å². The number of nitrogens with zero attached hydrogens (tertiary/aromatic N) is 1. The van der Waals surface area contributed by atoms with Crippen LogP contribution in [0.1, 0.15) is 69.0 Å². The number of thiazole rings is 1. The van der Waals surface area contributed by atoms with E-state index in [4.69, 9.17) is 10.7 Å². The molecule has 2 aliphatic carbocycles. The summed E-state index contributed by atoms with van der Waals surface area (Å²) in [4.78, 5) is 6.42. The molecule has 0 radical (unpaired) electrons. The smallest absolute Gasteiger partial charge is 0.113 e. The molecular weight excluding hydrogens is 240 g/mol. The van der Waals surface area contributed by atoms with Crippen LogP contribution < -0.4 is 5.73 Å². The molecule has 0 spiro atoms. The van der Waals surface area contributed by atoms with Gasteiger partial charge in [0.15, 0.2) is 0 Å². The van der Waals surface area contributed by atoms with Crippen LogP contribution in [0.25, 0.3) is 0 Å². The van der Waals surface area contributed by atoms with E-state index < -0.39 is 0 Å². The molecule has 2 aliphatic rings. The van der Waals surface area contributed by atoms with Gasteiger partial charge in [0.25, 0.3) is 0 Å². The Hall–Kier alpha value is -0.410. The first-order chi connectivity index (χ1) is 8.22. The van der Waals surface area contributed by atoms with Gasteiger partial charge in [0.2, 0.25) is 0 Å². The van der Waals surface area contributed by atoms with Crippen LogP contribution in [0.4, 0.5) is 0 Å². The third-order valence-electron chi connectivity index (χ3n) is 4.55. The highest BCUT2D eigenvalue weighted by atomic mass is 32.1. The number of nitrogens with two attached hydrogens (primary N) is 1. The minimum Gasteiger partial charge on any atom is -0.319 e. The summed E-state index contributed by atoms with van der Waals surface area (Å²) < 4.78 is 0. The number of hydrogen-bond acceptors (Lipinski definition) is 3. The maximum Gasteiger partial charge on any atom is 0.113 e. The first-order valence-corrected chi connectivity index (χ1v) is 7.83. The molecule has 1 heterocycles. The second-order valence-corrected chi connectivity index (χ2v) is 8.71. The van der Waals surface area contributed by atoms with Crippen molar-refractivity contribution in [3.8, 4) is 0 Å². The van der Waals surface area contributed by atoms with Crippen molar-refractivity contribution in [2.45, 2.75) is 70.8 Å². The van der Waals surface area contributed by atoms with Crippen LogP contribution >= 0.6 is 11.3 Å². The van der Waals surface area contributed by atoms with Crippen LogP contribution in [0.2, 0.25) is 0 Å². The van der Waals surface area contributed by atoms with Gasteiger partial charge < -0.3 is 5.73 Å². The van der Waals surface area contributed by atoms with Crippen molar-refractivity contribution in [3.05, 3.63) is 15.6 Å². The van der Waals surface area contributed by atoms with E-state index in [0.29, 0.717) is 5.41 Å². The largest absolute Gasteiger partial charge is 0.319 e. The molecule has 0 amide bonds. The number of hydrogen-bond donors (Lipinski definition) is 1. The number of fused-ring (bicyclic) bond motifs is 1. The Morgan fingerprint density at radius 2 is 1.83 bits per heavy atom. The minimum absolute atomic E-state index is 0.0950. The Bertz CT molecular complexity index is 481. The summed E-state index contributed by atoms with van der Waals surface area (Å²) >= 11 is 1.89. The monoisotopic (exact) mass is 264 g/mol. The highest BCUT2D eigenvalue weighted by Gasteiger charge is 2.43. The molecule has 100 valence electrons. The van der Waals surface area contributed by atoms with Gasteiger partial charge in [-0.1, -0.05) is 27.7 Å². The fourth-order valence-electron chi connectivity index (χ4n) is 3.78. The predicted octanol–water partition coefficient (Wildman–Crippen LogP) is 3.73. The summed E-state index contributed by atoms with van der Waals surface area (Å²) in [6.45, 7) is 9.44. The molecule has 3 rings (SSSR count). The molecule has 2 nitrogen and oxygen atoms in total. The fraction of sp³-hybridized carbons (Fsp3) is 0.800. The van der Waals surface area contributed by atoms with Gasteiger partial charge in [-0.3, -0.25) is 0 Å². The van der Waals surface area contributed by atoms with Gasteiger partial charge in [-0.05, 0) is 37.5 Å². The molecule has 1 aromatic rings. The van der Waals surface area contributed by atoms with Crippen molar-refractivity contribution in [2.75, 3.05) is 0 Å². The van der Waals surface area contributed by atoms with Gasteiger partial charge in [0.05, 0.1) is 11.2 Å². The van der Waals surface area contributed by atoms with Crippen molar-refractivity contribution >= 4 is 11.3 Å². The molecule has 0 aliphatic heterocycles. The predicted molar refractivity (Wildman–Crippen MR) is 77.0 cm³/mol. The van der Waals surface area contributed by atoms with Crippen molar-refractivity contribution in [1.29, 1.82) is 0 Å². The van der Waals surface area contributed by atoms with Gasteiger partial charge in [0.1, 0.15) is 5.01 Å². The lowest BCUT2D eigenvalue weighted by molar-refractivity contribution is 0.230. The van der Waals surface area contributed by atoms with E-state index in [1.807, 2.05) is 11.3 Å². The molecule has 2 N–H and O–H groups in total. The molecule has 18 heavy (non-hydrogen) atoms. The van der Waals surface area contributed by atoms with Crippen LogP contribution in [-0.2, 0) is 17.4 Å². The standard InChI is InChI=1S/C15H24N2S/c1-13(2)8-10-11(14(3,4)9-13)18-12(17-10)15(16)6-5-7-15/h5-9,16H2,1-4H3. The Morgan fingerprint density at radius 1 is 1.17 bits per heavy atom. The molecule has 0 unspecified atom stereocenters. The molecule has 0 bridgehead atoms. The maximum atomic E-state index is 6.44. The Kier molecular flexibility index (Phi) is 2.50. The second-order valence-electron chi connectivity index (χ2n) is 7.71. The number of aromatic nitrogens is 1. The molecule has 0 atom stereocenters. The molecular formula is C15H24N2S. The number of rotatable bonds is 1. The fourth-order valence-corrected chi connectivity index (χ4v) is 5.12. The van der Waals surface area contributed by atoms with Crippen molar-refractivity contribution in [3.63, 3.8) is 0 Å². The zero-order chi connectivity index (χ0) is 13.2. The minimum atomic E-state index is -0.0950. The summed E-state index contributed by atoms with van der Waals surface area (Å²) in [6, 6.07) is 0. The Balaban J connectivity index is 2.04. The zero-order valence-electron chi connectivity index (χ0n) is 12.0. The molecule has 3 heteroatoms. The third-order valence-corrected chi connectivity index (χ3v) is 6.23. The third kappa shape index (κ3) is 1.83. The van der Waals surface area contributed by atoms with Crippen LogP contribution in [0.3, 0.4) is 0 Å². The van der Waals surface area contributed by atoms with E-state index in [-0.39, 0.29) is 11.0 Å². The summed E-state index contributed by atoms with van der Waals surface area (Å²) in [5, 5.41) is 1.20. The summed E-state index contributed by atoms with van der Waals surface area (Å²) in [6.07, 6.45) is 5.84. The maximum absolute atomic E-state index is 6.44. The first kappa shape index (κ1) is 12.6. The van der Waals surface area contributed by atoms with E-state index in [0.717, 1.165) is 19.3 Å². The molecule has 1 aromatic heterocycles. The normalized spacial score (nSPS) is 27.4. The lowest BCUT2D eigenvalue weighted by Gasteiger charge is -2.39. The Morgan fingerprint density at radius 3 is 2.39 bits per heavy atom. The van der Waals surface area contributed by atoms with Gasteiger partial charge in [0, 0.05) is 10.3 Å². The SMILES string of the molecule is CC1(C)Cc2nc(C3(N)CCC3)sc2C(C)(C)C1. The van der Waals surface area contributed by atoms with Crippen molar-refractivity contribution in [1.82, 2.24) is 4.98 Å². The van der Waals surface area contributed by atoms with Crippen LogP contribution in [-0.4, -0.2) is 4.98 Å². The first-order valence-electron chi connectivity index (χ1n) is 7.02. The average Bonchev–Trinajstić information content (AvgIpc) is 2.55. The highest BCUT2D eigenvalue weighted by Crippen LogP contribution is 2.50. The van der Waals surface area contributed by atoms with Gasteiger partial charge in [-0.25, -0.2) is 4.98 Å². The highest BCUT2D eigenvalue weighted by molar-refractivity contribution is 7.12. The quantitative estimate of drug-likeness (QED) is 0.839. The lowest BCUT2D eigenvalue weighted by Crippen LogP contribution is -2.43. The zero-order valence-corrected chi connectivity index (χ0v) is 12.8. The van der Waals surface area contributed by atoms with Crippen LogP contribution in [0.15, 0.2) is 0 Å². The molecule has 0 saturated heterocycles. The lowest BCUT2D eigenvalue weighted by atomic mass is 9.67. The van der Waals surface area contributed by atoms with Crippen LogP contribution in [0, 0.1) is 5.41 Å². The summed E-state index contributed by atoms with van der Waals surface area (Å²) in [5.74, 6) is 0. The second kappa shape index (κ2) is 3.57. The van der Waals surface area contributed by atoms with E-state index in [1.54, 1.807) is 0 Å². The van der Waals surface area contributed by atoms with E-state index in [2.05, 4.69) is 27.7 Å². The van der Waals surface area contributed by atoms with Gasteiger partial charge >= 0.3 is 0 Å². The van der Waals surface area contributed by atoms with E-state index >= 15 is 0 Å². The molecule has 1 fully saturated rings. The Labute approximate surface area is 114 Å². The van der Waals surface area contributed by atoms with Crippen molar-refractivity contribution in [2.24, 2.45) is 11.1 Å². The topological polar surface area (TPSA) is 38.9 Å². The molecule has 1 saturated carbocycles. The average molecular weight is 264 g/mol. The van der Waals surface area contributed by atoms with Gasteiger partial charge in [-0.15, -0.1) is 11.3 Å². The van der Waals surface area contributed by atoms with Crippen LogP contribution in [0.5, 0.6) is 0 Å². The van der Waals surface area contributed by atoms with E-state index in [9.17, 15) is 0 Å².